The number of ether oxygens (including phenoxy) is 1. The first kappa shape index (κ1) is 28.8. The zero-order chi connectivity index (χ0) is 34.1. The Morgan fingerprint density at radius 1 is 0.510 bits per heavy atom. The number of rotatable bonds is 3. The van der Waals surface area contributed by atoms with Crippen LogP contribution in [0.25, 0.3) is 50.4 Å². The van der Waals surface area contributed by atoms with E-state index in [0.29, 0.717) is 11.1 Å². The monoisotopic (exact) mass is 650 g/mol. The smallest absolute Gasteiger partial charge is 0.145 e. The van der Waals surface area contributed by atoms with Crippen molar-refractivity contribution in [3.8, 4) is 63.0 Å². The van der Waals surface area contributed by atoms with Crippen molar-refractivity contribution in [2.24, 2.45) is 0 Å². The van der Waals surface area contributed by atoms with E-state index in [0.717, 1.165) is 61.9 Å². The van der Waals surface area contributed by atoms with Gasteiger partial charge in [0.25, 0.3) is 0 Å². The molecule has 1 aliphatic carbocycles. The second-order valence-corrected chi connectivity index (χ2v) is 13.0. The molecule has 0 amide bonds. The molecular weight excluding hydrogens is 625 g/mol. The molecule has 0 saturated carbocycles. The summed E-state index contributed by atoms with van der Waals surface area (Å²) in [5.41, 5.74) is 12.6. The Labute approximate surface area is 294 Å². The van der Waals surface area contributed by atoms with Crippen molar-refractivity contribution in [1.82, 2.24) is 9.55 Å². The third-order valence-electron chi connectivity index (χ3n) is 10.3. The Balaban J connectivity index is 1.28. The van der Waals surface area contributed by atoms with Crippen molar-refractivity contribution in [2.75, 3.05) is 0 Å². The standard InChI is InChI=1S/C46H26N4O/c47-27-29-22-30(28-48)24-33(23-29)31-18-20-43-39(25-31)46(37-14-6-4-12-35(37)36-13-5-7-15-38(36)46)40-26-32(19-21-44(40)51-43)45-49-41-16-8-9-17-42(41)50(45)34-10-2-1-3-11-34/h1-26H. The van der Waals surface area contributed by atoms with Crippen LogP contribution in [0.3, 0.4) is 0 Å². The van der Waals surface area contributed by atoms with Crippen LogP contribution in [0.2, 0.25) is 0 Å². The maximum Gasteiger partial charge on any atom is 0.145 e. The highest BCUT2D eigenvalue weighted by atomic mass is 16.5. The fraction of sp³-hybridized carbons (Fsp3) is 0.0217. The Morgan fingerprint density at radius 3 is 1.75 bits per heavy atom. The number of hydrogen-bond acceptors (Lipinski definition) is 4. The van der Waals surface area contributed by atoms with E-state index in [1.807, 2.05) is 36.4 Å². The van der Waals surface area contributed by atoms with Crippen LogP contribution in [-0.2, 0) is 5.41 Å². The van der Waals surface area contributed by atoms with Crippen molar-refractivity contribution >= 4 is 11.0 Å². The third-order valence-corrected chi connectivity index (χ3v) is 10.3. The van der Waals surface area contributed by atoms with Crippen LogP contribution < -0.4 is 4.74 Å². The minimum absolute atomic E-state index is 0.445. The van der Waals surface area contributed by atoms with Gasteiger partial charge in [-0.15, -0.1) is 0 Å². The molecule has 10 rings (SSSR count). The van der Waals surface area contributed by atoms with Crippen molar-refractivity contribution in [1.29, 1.82) is 10.5 Å². The molecule has 7 aromatic carbocycles. The van der Waals surface area contributed by atoms with Gasteiger partial charge in [-0.2, -0.15) is 10.5 Å². The molecule has 1 aromatic heterocycles. The first-order valence-corrected chi connectivity index (χ1v) is 16.8. The highest BCUT2D eigenvalue weighted by Gasteiger charge is 2.51. The van der Waals surface area contributed by atoms with Gasteiger partial charge in [-0.1, -0.05) is 84.9 Å². The second-order valence-electron chi connectivity index (χ2n) is 13.0. The summed E-state index contributed by atoms with van der Waals surface area (Å²) in [6.07, 6.45) is 0. The lowest BCUT2D eigenvalue weighted by molar-refractivity contribution is 0.436. The van der Waals surface area contributed by atoms with Gasteiger partial charge in [-0.25, -0.2) is 4.98 Å². The number of fused-ring (bicyclic) bond motifs is 10. The summed E-state index contributed by atoms with van der Waals surface area (Å²) in [4.78, 5) is 5.21. The molecule has 5 nitrogen and oxygen atoms in total. The predicted molar refractivity (Wildman–Crippen MR) is 199 cm³/mol. The average molecular weight is 651 g/mol. The zero-order valence-electron chi connectivity index (χ0n) is 27.2. The molecule has 51 heavy (non-hydrogen) atoms. The number of para-hydroxylation sites is 3. The van der Waals surface area contributed by atoms with Crippen LogP contribution in [0, 0.1) is 22.7 Å². The molecule has 0 bridgehead atoms. The average Bonchev–Trinajstić information content (AvgIpc) is 3.73. The van der Waals surface area contributed by atoms with Gasteiger partial charge in [0, 0.05) is 22.4 Å². The fourth-order valence-corrected chi connectivity index (χ4v) is 8.20. The third kappa shape index (κ3) is 4.10. The highest BCUT2D eigenvalue weighted by molar-refractivity contribution is 5.90. The molecule has 0 fully saturated rings. The Kier molecular flexibility index (Phi) is 6.15. The van der Waals surface area contributed by atoms with E-state index in [1.165, 1.54) is 22.3 Å². The largest absolute Gasteiger partial charge is 0.457 e. The van der Waals surface area contributed by atoms with E-state index in [9.17, 15) is 10.5 Å². The van der Waals surface area contributed by atoms with Gasteiger partial charge in [0.1, 0.15) is 17.3 Å². The first-order valence-electron chi connectivity index (χ1n) is 16.8. The number of nitrogens with zero attached hydrogens (tertiary/aromatic N) is 4. The molecule has 236 valence electrons. The van der Waals surface area contributed by atoms with Gasteiger partial charge < -0.3 is 4.74 Å². The molecular formula is C46H26N4O. The van der Waals surface area contributed by atoms with Crippen LogP contribution in [0.4, 0.5) is 0 Å². The lowest BCUT2D eigenvalue weighted by Gasteiger charge is -2.40. The number of nitriles is 2. The molecule has 1 spiro atoms. The van der Waals surface area contributed by atoms with Gasteiger partial charge in [-0.05, 0) is 106 Å². The lowest BCUT2D eigenvalue weighted by atomic mass is 9.65. The number of imidazole rings is 1. The van der Waals surface area contributed by atoms with E-state index in [1.54, 1.807) is 6.07 Å². The van der Waals surface area contributed by atoms with Crippen molar-refractivity contribution in [2.45, 2.75) is 5.41 Å². The molecule has 0 unspecified atom stereocenters. The minimum Gasteiger partial charge on any atom is -0.457 e. The van der Waals surface area contributed by atoms with Gasteiger partial charge in [0.2, 0.25) is 0 Å². The van der Waals surface area contributed by atoms with Crippen LogP contribution in [0.1, 0.15) is 33.4 Å². The van der Waals surface area contributed by atoms with Gasteiger partial charge in [0.15, 0.2) is 0 Å². The summed E-state index contributed by atoms with van der Waals surface area (Å²) in [6.45, 7) is 0. The second kappa shape index (κ2) is 10.9. The summed E-state index contributed by atoms with van der Waals surface area (Å²) in [5, 5.41) is 19.6. The number of benzene rings is 7. The summed E-state index contributed by atoms with van der Waals surface area (Å²) < 4.78 is 9.03. The number of hydrogen-bond donors (Lipinski definition) is 0. The Hall–Kier alpha value is -7.21. The Bertz CT molecular complexity index is 2740. The van der Waals surface area contributed by atoms with Crippen LogP contribution in [-0.4, -0.2) is 9.55 Å². The van der Waals surface area contributed by atoms with E-state index in [2.05, 4.69) is 132 Å². The van der Waals surface area contributed by atoms with Crippen LogP contribution in [0.5, 0.6) is 11.5 Å². The maximum atomic E-state index is 9.79. The fourth-order valence-electron chi connectivity index (χ4n) is 8.20. The van der Waals surface area contributed by atoms with E-state index >= 15 is 0 Å². The van der Waals surface area contributed by atoms with Crippen molar-refractivity contribution in [3.63, 3.8) is 0 Å². The van der Waals surface area contributed by atoms with Gasteiger partial charge in [-0.3, -0.25) is 4.57 Å². The van der Waals surface area contributed by atoms with Crippen LogP contribution >= 0.6 is 0 Å². The summed E-state index contributed by atoms with van der Waals surface area (Å²) >= 11 is 0. The zero-order valence-corrected chi connectivity index (χ0v) is 27.2. The molecule has 5 heteroatoms. The lowest BCUT2D eigenvalue weighted by Crippen LogP contribution is -2.32. The predicted octanol–water partition coefficient (Wildman–Crippen LogP) is 10.6. The SMILES string of the molecule is N#Cc1cc(C#N)cc(-c2ccc3c(c2)C2(c4cc(-c5nc6ccccc6n5-c5ccccc5)ccc4O3)c3ccccc3-c3ccccc32)c1. The molecule has 0 saturated heterocycles. The number of aromatic nitrogens is 2. The molecule has 0 radical (unpaired) electrons. The molecule has 0 atom stereocenters. The van der Waals surface area contributed by atoms with Crippen molar-refractivity contribution < 1.29 is 4.74 Å². The van der Waals surface area contributed by atoms with E-state index in [-0.39, 0.29) is 0 Å². The Morgan fingerprint density at radius 2 is 1.08 bits per heavy atom. The van der Waals surface area contributed by atoms with Gasteiger partial charge in [0.05, 0.1) is 39.7 Å². The minimum atomic E-state index is -0.726. The highest BCUT2D eigenvalue weighted by Crippen LogP contribution is 2.62. The molecule has 0 N–H and O–H groups in total. The first-order chi connectivity index (χ1) is 25.2. The topological polar surface area (TPSA) is 74.6 Å². The molecule has 8 aromatic rings. The summed E-state index contributed by atoms with van der Waals surface area (Å²) in [7, 11) is 0. The van der Waals surface area contributed by atoms with E-state index in [4.69, 9.17) is 9.72 Å². The quantitative estimate of drug-likeness (QED) is 0.191. The normalized spacial score (nSPS) is 13.0. The van der Waals surface area contributed by atoms with E-state index < -0.39 is 5.41 Å². The van der Waals surface area contributed by atoms with Gasteiger partial charge >= 0.3 is 0 Å². The molecule has 1 aliphatic heterocycles. The summed E-state index contributed by atoms with van der Waals surface area (Å²) in [6, 6.07) is 58.3. The molecule has 2 aliphatic rings. The van der Waals surface area contributed by atoms with Crippen molar-refractivity contribution in [3.05, 3.63) is 191 Å². The molecule has 2 heterocycles. The van der Waals surface area contributed by atoms with Crippen LogP contribution in [0.15, 0.2) is 158 Å². The maximum absolute atomic E-state index is 9.79. The summed E-state index contributed by atoms with van der Waals surface area (Å²) in [5.74, 6) is 2.39.